The predicted octanol–water partition coefficient (Wildman–Crippen LogP) is 5.55. The number of fused-ring (bicyclic) bond motifs is 1. The zero-order valence-corrected chi connectivity index (χ0v) is 20.5. The fraction of sp³-hybridized carbons (Fsp3) is 0.423. The van der Waals surface area contributed by atoms with Crippen molar-refractivity contribution >= 4 is 38.8 Å². The fourth-order valence-corrected chi connectivity index (χ4v) is 5.30. The van der Waals surface area contributed by atoms with Crippen LogP contribution in [0.1, 0.15) is 26.2 Å². The van der Waals surface area contributed by atoms with Crippen LogP contribution in [0.4, 0.5) is 20.6 Å². The van der Waals surface area contributed by atoms with Gasteiger partial charge in [-0.3, -0.25) is 0 Å². The quantitative estimate of drug-likeness (QED) is 0.391. The van der Waals surface area contributed by atoms with E-state index in [1.54, 1.807) is 23.5 Å². The summed E-state index contributed by atoms with van der Waals surface area (Å²) in [5.74, 6) is 0.621. The van der Waals surface area contributed by atoms with Crippen LogP contribution < -0.4 is 20.3 Å². The van der Waals surface area contributed by atoms with Gasteiger partial charge in [0.2, 0.25) is 0 Å². The van der Waals surface area contributed by atoms with Crippen LogP contribution in [0.2, 0.25) is 0 Å². The first kappa shape index (κ1) is 24.3. The number of nitrogens with one attached hydrogen (secondary N) is 2. The first-order valence-electron chi connectivity index (χ1n) is 12.0. The predicted molar refractivity (Wildman–Crippen MR) is 139 cm³/mol. The minimum atomic E-state index is -0.183. The highest BCUT2D eigenvalue weighted by atomic mass is 32.1. The molecular weight excluding hydrogens is 451 g/mol. The smallest absolute Gasteiger partial charge is 0.319 e. The van der Waals surface area contributed by atoms with Crippen LogP contribution in [0.3, 0.4) is 0 Å². The number of rotatable bonds is 9. The molecule has 34 heavy (non-hydrogen) atoms. The van der Waals surface area contributed by atoms with Gasteiger partial charge in [-0.05, 0) is 81.7 Å². The number of nitrogens with zero attached hydrogens (tertiary/aromatic N) is 2. The van der Waals surface area contributed by atoms with E-state index in [0.717, 1.165) is 73.5 Å². The zero-order valence-electron chi connectivity index (χ0n) is 19.7. The van der Waals surface area contributed by atoms with Crippen molar-refractivity contribution in [2.24, 2.45) is 0 Å². The Kier molecular flexibility index (Phi) is 8.60. The van der Waals surface area contributed by atoms with Gasteiger partial charge in [0.25, 0.3) is 0 Å². The van der Waals surface area contributed by atoms with Crippen molar-refractivity contribution in [2.75, 3.05) is 56.1 Å². The molecule has 1 saturated heterocycles. The molecule has 2 heterocycles. The summed E-state index contributed by atoms with van der Waals surface area (Å²) in [7, 11) is 0. The second-order valence-electron chi connectivity index (χ2n) is 8.49. The Bertz CT molecular complexity index is 1070. The number of amides is 2. The Morgan fingerprint density at radius 3 is 2.76 bits per heavy atom. The second-order valence-corrected chi connectivity index (χ2v) is 9.40. The van der Waals surface area contributed by atoms with Crippen LogP contribution in [0.15, 0.2) is 47.8 Å². The average molecular weight is 485 g/mol. The van der Waals surface area contributed by atoms with E-state index in [0.29, 0.717) is 13.2 Å². The van der Waals surface area contributed by atoms with E-state index in [1.165, 1.54) is 5.69 Å². The number of unbranched alkanes of at least 4 members (excludes halogenated alkanes) is 1. The van der Waals surface area contributed by atoms with Crippen molar-refractivity contribution in [3.8, 4) is 5.75 Å². The highest BCUT2D eigenvalue weighted by Crippen LogP contribution is 2.34. The number of carbonyl (C=O) groups excluding carboxylic acids is 1. The van der Waals surface area contributed by atoms with E-state index in [1.807, 2.05) is 37.3 Å². The lowest BCUT2D eigenvalue weighted by atomic mass is 10.2. The normalized spacial score (nSPS) is 14.7. The van der Waals surface area contributed by atoms with Gasteiger partial charge in [0.15, 0.2) is 0 Å². The molecule has 0 unspecified atom stereocenters. The highest BCUT2D eigenvalue weighted by molar-refractivity contribution is 7.17. The van der Waals surface area contributed by atoms with Crippen molar-refractivity contribution < 1.29 is 13.9 Å². The second kappa shape index (κ2) is 12.0. The number of carbonyl (C=O) groups is 1. The third-order valence-corrected chi connectivity index (χ3v) is 6.99. The highest BCUT2D eigenvalue weighted by Gasteiger charge is 2.17. The van der Waals surface area contributed by atoms with Gasteiger partial charge >= 0.3 is 6.03 Å². The SMILES string of the molecule is CCOc1ccc(NC(=O)NCCCCN2CCCN(c3csc4cc(F)ccc34)CC2)cc1. The van der Waals surface area contributed by atoms with Crippen molar-refractivity contribution in [3.05, 3.63) is 53.7 Å². The average Bonchev–Trinajstić information content (AvgIpc) is 3.10. The zero-order chi connectivity index (χ0) is 23.8. The molecule has 1 fully saturated rings. The molecule has 2 N–H and O–H groups in total. The molecule has 6 nitrogen and oxygen atoms in total. The van der Waals surface area contributed by atoms with Crippen LogP contribution in [-0.4, -0.2) is 56.8 Å². The summed E-state index contributed by atoms with van der Waals surface area (Å²) in [5, 5.41) is 9.09. The van der Waals surface area contributed by atoms with Gasteiger partial charge in [-0.15, -0.1) is 11.3 Å². The minimum Gasteiger partial charge on any atom is -0.494 e. The van der Waals surface area contributed by atoms with Crippen molar-refractivity contribution in [3.63, 3.8) is 0 Å². The van der Waals surface area contributed by atoms with Crippen molar-refractivity contribution in [1.29, 1.82) is 0 Å². The topological polar surface area (TPSA) is 56.8 Å². The molecule has 2 amide bonds. The lowest BCUT2D eigenvalue weighted by molar-refractivity contribution is 0.251. The van der Waals surface area contributed by atoms with Gasteiger partial charge in [0.1, 0.15) is 11.6 Å². The molecule has 8 heteroatoms. The lowest BCUT2D eigenvalue weighted by Crippen LogP contribution is -2.32. The summed E-state index contributed by atoms with van der Waals surface area (Å²) < 4.78 is 19.9. The Morgan fingerprint density at radius 1 is 1.09 bits per heavy atom. The first-order valence-corrected chi connectivity index (χ1v) is 12.9. The molecule has 4 rings (SSSR count). The van der Waals surface area contributed by atoms with E-state index in [2.05, 4.69) is 25.8 Å². The molecule has 0 aliphatic carbocycles. The van der Waals surface area contributed by atoms with Gasteiger partial charge in [-0.25, -0.2) is 9.18 Å². The summed E-state index contributed by atoms with van der Waals surface area (Å²) >= 11 is 1.61. The molecule has 3 aromatic rings. The van der Waals surface area contributed by atoms with Gasteiger partial charge in [0.05, 0.1) is 12.3 Å². The van der Waals surface area contributed by atoms with Crippen LogP contribution in [0.5, 0.6) is 5.75 Å². The van der Waals surface area contributed by atoms with Crippen molar-refractivity contribution in [1.82, 2.24) is 10.2 Å². The van der Waals surface area contributed by atoms with E-state index >= 15 is 0 Å². The lowest BCUT2D eigenvalue weighted by Gasteiger charge is -2.23. The Balaban J connectivity index is 1.14. The van der Waals surface area contributed by atoms with Gasteiger partial charge < -0.3 is 25.2 Å². The molecule has 0 atom stereocenters. The van der Waals surface area contributed by atoms with Gasteiger partial charge in [-0.1, -0.05) is 0 Å². The summed E-state index contributed by atoms with van der Waals surface area (Å²) in [6.07, 6.45) is 3.10. The monoisotopic (exact) mass is 484 g/mol. The molecule has 0 spiro atoms. The van der Waals surface area contributed by atoms with Crippen LogP contribution in [0, 0.1) is 5.82 Å². The van der Waals surface area contributed by atoms with E-state index in [4.69, 9.17) is 4.74 Å². The third kappa shape index (κ3) is 6.61. The summed E-state index contributed by atoms with van der Waals surface area (Å²) in [5.41, 5.74) is 1.98. The molecule has 0 saturated carbocycles. The Morgan fingerprint density at radius 2 is 1.94 bits per heavy atom. The molecule has 1 aliphatic rings. The Labute approximate surface area is 204 Å². The van der Waals surface area contributed by atoms with E-state index in [9.17, 15) is 9.18 Å². The molecule has 0 radical (unpaired) electrons. The molecule has 1 aromatic heterocycles. The largest absolute Gasteiger partial charge is 0.494 e. The third-order valence-electron chi connectivity index (χ3n) is 6.06. The van der Waals surface area contributed by atoms with Crippen LogP contribution >= 0.6 is 11.3 Å². The molecular formula is C26H33FN4O2S. The molecule has 0 bridgehead atoms. The van der Waals surface area contributed by atoms with Crippen molar-refractivity contribution in [2.45, 2.75) is 26.2 Å². The molecule has 182 valence electrons. The fourth-order valence-electron chi connectivity index (χ4n) is 4.31. The van der Waals surface area contributed by atoms with E-state index < -0.39 is 0 Å². The first-order chi connectivity index (χ1) is 16.6. The summed E-state index contributed by atoms with van der Waals surface area (Å²) in [6.45, 7) is 8.35. The standard InChI is InChI=1S/C26H33FN4O2S/c1-2-33-22-9-7-21(8-10-22)29-26(32)28-12-3-4-13-30-14-5-15-31(17-16-30)24-19-34-25-18-20(27)6-11-23(24)25/h6-11,18-19H,2-5,12-17H2,1H3,(H2,28,29,32). The maximum absolute atomic E-state index is 13.5. The number of benzene rings is 2. The molecule has 2 aromatic carbocycles. The Hall–Kier alpha value is -2.84. The number of hydrogen-bond acceptors (Lipinski definition) is 5. The number of halogens is 1. The minimum absolute atomic E-state index is 0.175. The maximum atomic E-state index is 13.5. The number of anilines is 2. The van der Waals surface area contributed by atoms with Gasteiger partial charge in [0, 0.05) is 47.3 Å². The van der Waals surface area contributed by atoms with Gasteiger partial charge in [-0.2, -0.15) is 0 Å². The summed E-state index contributed by atoms with van der Waals surface area (Å²) in [4.78, 5) is 17.0. The number of urea groups is 1. The van der Waals surface area contributed by atoms with E-state index in [-0.39, 0.29) is 11.8 Å². The maximum Gasteiger partial charge on any atom is 0.319 e. The number of thiophene rings is 1. The number of ether oxygens (including phenoxy) is 1. The number of hydrogen-bond donors (Lipinski definition) is 2. The molecule has 1 aliphatic heterocycles. The van der Waals surface area contributed by atoms with Crippen LogP contribution in [0.25, 0.3) is 10.1 Å². The van der Waals surface area contributed by atoms with Crippen LogP contribution in [-0.2, 0) is 0 Å². The summed E-state index contributed by atoms with van der Waals surface area (Å²) in [6, 6.07) is 12.3.